The Morgan fingerprint density at radius 3 is 3.13 bits per heavy atom. The van der Waals surface area contributed by atoms with Gasteiger partial charge in [0.05, 0.1) is 10.3 Å². The first-order chi connectivity index (χ1) is 7.24. The molecule has 80 valence electrons. The van der Waals surface area contributed by atoms with Crippen LogP contribution in [0.25, 0.3) is 0 Å². The van der Waals surface area contributed by atoms with Crippen LogP contribution in [0.5, 0.6) is 0 Å². The summed E-state index contributed by atoms with van der Waals surface area (Å²) in [5, 5.41) is 3.47. The van der Waals surface area contributed by atoms with Crippen LogP contribution in [0.4, 0.5) is 0 Å². The van der Waals surface area contributed by atoms with E-state index in [1.54, 1.807) is 12.3 Å². The number of hydrogen-bond donors (Lipinski definition) is 1. The number of nitrogens with one attached hydrogen (secondary N) is 1. The lowest BCUT2D eigenvalue weighted by Crippen LogP contribution is -2.30. The van der Waals surface area contributed by atoms with E-state index in [9.17, 15) is 4.79 Å². The lowest BCUT2D eigenvalue weighted by Gasteiger charge is -2.09. The largest absolute Gasteiger partial charge is 0.352 e. The standard InChI is InChI=1S/C11H14N2OS/c1-3-7-13-11(14)9(2)15-10-6-4-5-8-12-10/h3-6,8-9H,1,7H2,2H3,(H,13,14). The molecule has 0 fully saturated rings. The first kappa shape index (κ1) is 11.8. The summed E-state index contributed by atoms with van der Waals surface area (Å²) >= 11 is 1.44. The summed E-state index contributed by atoms with van der Waals surface area (Å²) in [6.45, 7) is 5.91. The Morgan fingerprint density at radius 1 is 1.73 bits per heavy atom. The number of aromatic nitrogens is 1. The minimum Gasteiger partial charge on any atom is -0.352 e. The van der Waals surface area contributed by atoms with Crippen molar-refractivity contribution in [3.8, 4) is 0 Å². The van der Waals surface area contributed by atoms with Crippen LogP contribution in [0.1, 0.15) is 6.92 Å². The zero-order valence-electron chi connectivity index (χ0n) is 8.64. The second kappa shape index (κ2) is 6.24. The number of carbonyl (C=O) groups is 1. The van der Waals surface area contributed by atoms with Crippen molar-refractivity contribution in [2.24, 2.45) is 0 Å². The number of pyridine rings is 1. The van der Waals surface area contributed by atoms with Crippen LogP contribution in [0.2, 0.25) is 0 Å². The fourth-order valence-corrected chi connectivity index (χ4v) is 1.80. The summed E-state index contributed by atoms with van der Waals surface area (Å²) in [6.07, 6.45) is 3.38. The molecule has 15 heavy (non-hydrogen) atoms. The molecule has 1 rings (SSSR count). The van der Waals surface area contributed by atoms with Gasteiger partial charge in [-0.3, -0.25) is 4.79 Å². The Labute approximate surface area is 94.0 Å². The minimum absolute atomic E-state index is 0.00514. The van der Waals surface area contributed by atoms with Gasteiger partial charge in [-0.25, -0.2) is 4.98 Å². The summed E-state index contributed by atoms with van der Waals surface area (Å²) in [5.74, 6) is 0.00514. The van der Waals surface area contributed by atoms with Gasteiger partial charge in [0.25, 0.3) is 0 Å². The third-order valence-corrected chi connectivity index (χ3v) is 2.78. The fourth-order valence-electron chi connectivity index (χ4n) is 0.968. The first-order valence-corrected chi connectivity index (χ1v) is 5.58. The van der Waals surface area contributed by atoms with Crippen molar-refractivity contribution in [2.45, 2.75) is 17.2 Å². The number of rotatable bonds is 5. The molecule has 1 heterocycles. The smallest absolute Gasteiger partial charge is 0.233 e. The van der Waals surface area contributed by atoms with Gasteiger partial charge in [0, 0.05) is 12.7 Å². The summed E-state index contributed by atoms with van der Waals surface area (Å²) in [6, 6.07) is 5.65. The zero-order valence-corrected chi connectivity index (χ0v) is 9.46. The van der Waals surface area contributed by atoms with Crippen LogP contribution in [0, 0.1) is 0 Å². The van der Waals surface area contributed by atoms with Crippen LogP contribution in [0.3, 0.4) is 0 Å². The highest BCUT2D eigenvalue weighted by Crippen LogP contribution is 2.20. The van der Waals surface area contributed by atoms with Crippen molar-refractivity contribution in [3.05, 3.63) is 37.1 Å². The lowest BCUT2D eigenvalue weighted by atomic mass is 10.4. The van der Waals surface area contributed by atoms with E-state index < -0.39 is 0 Å². The zero-order chi connectivity index (χ0) is 11.1. The average Bonchev–Trinajstić information content (AvgIpc) is 2.27. The maximum atomic E-state index is 11.5. The highest BCUT2D eigenvalue weighted by Gasteiger charge is 2.13. The number of nitrogens with zero attached hydrogens (tertiary/aromatic N) is 1. The Kier molecular flexibility index (Phi) is 4.90. The molecule has 0 aliphatic heterocycles. The summed E-state index contributed by atoms with van der Waals surface area (Å²) in [5.41, 5.74) is 0. The summed E-state index contributed by atoms with van der Waals surface area (Å²) < 4.78 is 0. The molecule has 0 aliphatic carbocycles. The van der Waals surface area contributed by atoms with Gasteiger partial charge >= 0.3 is 0 Å². The Hall–Kier alpha value is -1.29. The minimum atomic E-state index is -0.139. The summed E-state index contributed by atoms with van der Waals surface area (Å²) in [4.78, 5) is 15.6. The predicted molar refractivity (Wildman–Crippen MR) is 62.8 cm³/mol. The number of amides is 1. The van der Waals surface area contributed by atoms with Gasteiger partial charge in [-0.05, 0) is 19.1 Å². The maximum absolute atomic E-state index is 11.5. The maximum Gasteiger partial charge on any atom is 0.233 e. The molecule has 1 N–H and O–H groups in total. The lowest BCUT2D eigenvalue weighted by molar-refractivity contribution is -0.120. The molecule has 0 bridgehead atoms. The van der Waals surface area contributed by atoms with Gasteiger partial charge in [0.2, 0.25) is 5.91 Å². The van der Waals surface area contributed by atoms with E-state index in [1.165, 1.54) is 11.8 Å². The van der Waals surface area contributed by atoms with Gasteiger partial charge in [-0.1, -0.05) is 23.9 Å². The molecule has 0 radical (unpaired) electrons. The number of carbonyl (C=O) groups excluding carboxylic acids is 1. The molecule has 0 saturated heterocycles. The summed E-state index contributed by atoms with van der Waals surface area (Å²) in [7, 11) is 0. The molecule has 1 aromatic heterocycles. The predicted octanol–water partition coefficient (Wildman–Crippen LogP) is 1.86. The molecular weight excluding hydrogens is 208 g/mol. The van der Waals surface area contributed by atoms with Crippen molar-refractivity contribution in [3.63, 3.8) is 0 Å². The van der Waals surface area contributed by atoms with E-state index in [4.69, 9.17) is 0 Å². The average molecular weight is 222 g/mol. The monoisotopic (exact) mass is 222 g/mol. The van der Waals surface area contributed by atoms with Crippen LogP contribution in [-0.4, -0.2) is 22.7 Å². The molecule has 0 saturated carbocycles. The molecule has 0 aliphatic rings. The van der Waals surface area contributed by atoms with Gasteiger partial charge in [0.15, 0.2) is 0 Å². The van der Waals surface area contributed by atoms with Crippen LogP contribution >= 0.6 is 11.8 Å². The van der Waals surface area contributed by atoms with Crippen LogP contribution in [-0.2, 0) is 4.79 Å². The van der Waals surface area contributed by atoms with Crippen molar-refractivity contribution < 1.29 is 4.79 Å². The second-order valence-electron chi connectivity index (χ2n) is 2.96. The van der Waals surface area contributed by atoms with Crippen molar-refractivity contribution in [2.75, 3.05) is 6.54 Å². The van der Waals surface area contributed by atoms with Gasteiger partial charge in [0.1, 0.15) is 0 Å². The van der Waals surface area contributed by atoms with Gasteiger partial charge < -0.3 is 5.32 Å². The van der Waals surface area contributed by atoms with Crippen molar-refractivity contribution in [1.29, 1.82) is 0 Å². The number of hydrogen-bond acceptors (Lipinski definition) is 3. The van der Waals surface area contributed by atoms with Crippen molar-refractivity contribution >= 4 is 17.7 Å². The molecule has 4 heteroatoms. The fraction of sp³-hybridized carbons (Fsp3) is 0.273. The Balaban J connectivity index is 2.45. The van der Waals surface area contributed by atoms with Crippen LogP contribution in [0.15, 0.2) is 42.1 Å². The molecule has 1 amide bonds. The van der Waals surface area contributed by atoms with E-state index in [0.29, 0.717) is 6.54 Å². The third kappa shape index (κ3) is 4.16. The van der Waals surface area contributed by atoms with E-state index in [-0.39, 0.29) is 11.2 Å². The van der Waals surface area contributed by atoms with Crippen molar-refractivity contribution in [1.82, 2.24) is 10.3 Å². The topological polar surface area (TPSA) is 42.0 Å². The van der Waals surface area contributed by atoms with Crippen LogP contribution < -0.4 is 5.32 Å². The second-order valence-corrected chi connectivity index (χ2v) is 4.32. The molecule has 1 aromatic rings. The SMILES string of the molecule is C=CCNC(=O)C(C)Sc1ccccn1. The number of thioether (sulfide) groups is 1. The Bertz CT molecular complexity index is 327. The molecule has 0 aromatic carbocycles. The highest BCUT2D eigenvalue weighted by molar-refractivity contribution is 8.00. The molecule has 1 unspecified atom stereocenters. The van der Waals surface area contributed by atoms with E-state index in [0.717, 1.165) is 5.03 Å². The molecular formula is C11H14N2OS. The normalized spacial score (nSPS) is 11.8. The van der Waals surface area contributed by atoms with Gasteiger partial charge in [-0.15, -0.1) is 6.58 Å². The Morgan fingerprint density at radius 2 is 2.53 bits per heavy atom. The van der Waals surface area contributed by atoms with Gasteiger partial charge in [-0.2, -0.15) is 0 Å². The molecule has 1 atom stereocenters. The third-order valence-electron chi connectivity index (χ3n) is 1.73. The quantitative estimate of drug-likeness (QED) is 0.611. The molecule has 0 spiro atoms. The van der Waals surface area contributed by atoms with E-state index in [1.807, 2.05) is 25.1 Å². The molecule has 3 nitrogen and oxygen atoms in total. The van der Waals surface area contributed by atoms with E-state index in [2.05, 4.69) is 16.9 Å². The first-order valence-electron chi connectivity index (χ1n) is 4.70. The van der Waals surface area contributed by atoms with E-state index >= 15 is 0 Å². The highest BCUT2D eigenvalue weighted by atomic mass is 32.2.